The van der Waals surface area contributed by atoms with Crippen molar-refractivity contribution in [2.24, 2.45) is 5.92 Å². The van der Waals surface area contributed by atoms with Crippen molar-refractivity contribution in [1.29, 1.82) is 0 Å². The molecule has 8 heteroatoms. The van der Waals surface area contributed by atoms with Crippen molar-refractivity contribution >= 4 is 17.8 Å². The lowest BCUT2D eigenvalue weighted by Gasteiger charge is -2.39. The first kappa shape index (κ1) is 20.7. The van der Waals surface area contributed by atoms with E-state index in [-0.39, 0.29) is 35.4 Å². The van der Waals surface area contributed by atoms with Crippen LogP contribution in [0, 0.1) is 11.7 Å². The second kappa shape index (κ2) is 8.41. The van der Waals surface area contributed by atoms with Crippen molar-refractivity contribution in [3.63, 3.8) is 0 Å². The van der Waals surface area contributed by atoms with Gasteiger partial charge >= 0.3 is 6.03 Å². The van der Waals surface area contributed by atoms with Crippen molar-refractivity contribution in [2.45, 2.75) is 38.3 Å². The third-order valence-corrected chi connectivity index (χ3v) is 7.00. The molecule has 5 rings (SSSR count). The number of rotatable bonds is 3. The second-order valence-electron chi connectivity index (χ2n) is 8.91. The minimum atomic E-state index is -0.531. The van der Waals surface area contributed by atoms with Gasteiger partial charge in [-0.3, -0.25) is 14.2 Å². The number of nitrogens with zero attached hydrogens (tertiary/aromatic N) is 4. The van der Waals surface area contributed by atoms with Gasteiger partial charge < -0.3 is 14.7 Å². The fraction of sp³-hybridized carbons (Fsp3) is 0.458. The Morgan fingerprint density at radius 3 is 2.47 bits per heavy atom. The van der Waals surface area contributed by atoms with Gasteiger partial charge in [-0.25, -0.2) is 9.18 Å². The second-order valence-corrected chi connectivity index (χ2v) is 8.91. The number of carbonyl (C=O) groups excluding carboxylic acids is 3. The SMILES string of the molecule is O=C(c1ccccc1F)N1CCCC(C(=O)N2CCC(N3Cc4cccn4C3=O)CC2)C1. The van der Waals surface area contributed by atoms with Gasteiger partial charge in [-0.1, -0.05) is 12.1 Å². The van der Waals surface area contributed by atoms with Gasteiger partial charge in [-0.05, 0) is 49.9 Å². The van der Waals surface area contributed by atoms with Gasteiger partial charge in [0.2, 0.25) is 5.91 Å². The molecule has 2 fully saturated rings. The van der Waals surface area contributed by atoms with Gasteiger partial charge in [0.05, 0.1) is 18.0 Å². The van der Waals surface area contributed by atoms with E-state index in [2.05, 4.69) is 0 Å². The molecular formula is C24H27FN4O3. The number of amides is 3. The number of piperidine rings is 2. The van der Waals surface area contributed by atoms with E-state index < -0.39 is 5.82 Å². The maximum absolute atomic E-state index is 14.0. The van der Waals surface area contributed by atoms with Gasteiger partial charge in [-0.15, -0.1) is 0 Å². The van der Waals surface area contributed by atoms with Crippen molar-refractivity contribution in [1.82, 2.24) is 19.3 Å². The Morgan fingerprint density at radius 2 is 1.72 bits per heavy atom. The molecule has 0 spiro atoms. The molecule has 1 atom stereocenters. The van der Waals surface area contributed by atoms with Crippen LogP contribution in [-0.2, 0) is 11.3 Å². The molecule has 2 saturated heterocycles. The lowest BCUT2D eigenvalue weighted by Crippen LogP contribution is -2.51. The summed E-state index contributed by atoms with van der Waals surface area (Å²) in [6, 6.07) is 9.99. The summed E-state index contributed by atoms with van der Waals surface area (Å²) in [5.74, 6) is -1.08. The lowest BCUT2D eigenvalue weighted by molar-refractivity contribution is -0.138. The fourth-order valence-electron chi connectivity index (χ4n) is 5.22. The molecule has 0 bridgehead atoms. The van der Waals surface area contributed by atoms with Crippen molar-refractivity contribution in [2.75, 3.05) is 26.2 Å². The molecule has 1 aromatic heterocycles. The van der Waals surface area contributed by atoms with Crippen molar-refractivity contribution < 1.29 is 18.8 Å². The molecule has 0 saturated carbocycles. The number of aromatic nitrogens is 1. The fourth-order valence-corrected chi connectivity index (χ4v) is 5.22. The summed E-state index contributed by atoms with van der Waals surface area (Å²) < 4.78 is 15.7. The average molecular weight is 439 g/mol. The largest absolute Gasteiger partial charge is 0.342 e. The summed E-state index contributed by atoms with van der Waals surface area (Å²) in [5, 5.41) is 0. The molecule has 3 amide bonds. The number of carbonyl (C=O) groups is 3. The van der Waals surface area contributed by atoms with Crippen LogP contribution in [0.25, 0.3) is 0 Å². The smallest absolute Gasteiger partial charge is 0.329 e. The highest BCUT2D eigenvalue weighted by atomic mass is 19.1. The molecular weight excluding hydrogens is 411 g/mol. The number of fused-ring (bicyclic) bond motifs is 1. The van der Waals surface area contributed by atoms with Crippen LogP contribution in [0.1, 0.15) is 41.7 Å². The minimum Gasteiger partial charge on any atom is -0.342 e. The first-order chi connectivity index (χ1) is 15.5. The topological polar surface area (TPSA) is 65.9 Å². The minimum absolute atomic E-state index is 0.0179. The highest BCUT2D eigenvalue weighted by molar-refractivity contribution is 5.95. The van der Waals surface area contributed by atoms with Gasteiger partial charge in [-0.2, -0.15) is 0 Å². The Bertz CT molecular complexity index is 1040. The molecule has 7 nitrogen and oxygen atoms in total. The number of likely N-dealkylation sites (tertiary alicyclic amines) is 2. The molecule has 2 aromatic rings. The van der Waals surface area contributed by atoms with Crippen LogP contribution in [0.3, 0.4) is 0 Å². The van der Waals surface area contributed by atoms with Gasteiger partial charge in [0.25, 0.3) is 5.91 Å². The molecule has 168 valence electrons. The summed E-state index contributed by atoms with van der Waals surface area (Å²) in [4.78, 5) is 44.0. The highest BCUT2D eigenvalue weighted by Gasteiger charge is 2.37. The Balaban J connectivity index is 1.17. The zero-order valence-electron chi connectivity index (χ0n) is 18.0. The van der Waals surface area contributed by atoms with Crippen LogP contribution in [0.2, 0.25) is 0 Å². The number of hydrogen-bond donors (Lipinski definition) is 0. The molecule has 0 aliphatic carbocycles. The van der Waals surface area contributed by atoms with Crippen LogP contribution < -0.4 is 0 Å². The highest BCUT2D eigenvalue weighted by Crippen LogP contribution is 2.27. The molecule has 1 aromatic carbocycles. The van der Waals surface area contributed by atoms with Crippen molar-refractivity contribution in [3.8, 4) is 0 Å². The Kier molecular flexibility index (Phi) is 5.45. The molecule has 3 aliphatic rings. The van der Waals surface area contributed by atoms with E-state index >= 15 is 0 Å². The molecule has 32 heavy (non-hydrogen) atoms. The van der Waals surface area contributed by atoms with E-state index in [1.165, 1.54) is 12.1 Å². The zero-order chi connectivity index (χ0) is 22.2. The predicted molar refractivity (Wildman–Crippen MR) is 115 cm³/mol. The zero-order valence-corrected chi connectivity index (χ0v) is 18.0. The van der Waals surface area contributed by atoms with Crippen LogP contribution >= 0.6 is 0 Å². The maximum Gasteiger partial charge on any atom is 0.329 e. The van der Waals surface area contributed by atoms with E-state index in [0.717, 1.165) is 31.4 Å². The Hall–Kier alpha value is -3.16. The normalized spacial score (nSPS) is 21.7. The lowest BCUT2D eigenvalue weighted by atomic mass is 9.94. The van der Waals surface area contributed by atoms with Crippen molar-refractivity contribution in [3.05, 3.63) is 59.7 Å². The maximum atomic E-state index is 14.0. The summed E-state index contributed by atoms with van der Waals surface area (Å²) in [7, 11) is 0. The van der Waals surface area contributed by atoms with Crippen LogP contribution in [0.15, 0.2) is 42.6 Å². The van der Waals surface area contributed by atoms with E-state index in [0.29, 0.717) is 32.7 Å². The third-order valence-electron chi connectivity index (χ3n) is 7.00. The molecule has 0 N–H and O–H groups in total. The number of benzene rings is 1. The van der Waals surface area contributed by atoms with Gasteiger partial charge in [0.1, 0.15) is 5.82 Å². The Labute approximate surface area is 186 Å². The van der Waals surface area contributed by atoms with Crippen LogP contribution in [0.4, 0.5) is 9.18 Å². The van der Waals surface area contributed by atoms with Crippen LogP contribution in [-0.4, -0.2) is 69.3 Å². The molecule has 0 radical (unpaired) electrons. The first-order valence-electron chi connectivity index (χ1n) is 11.3. The molecule has 4 heterocycles. The van der Waals surface area contributed by atoms with E-state index in [1.807, 2.05) is 21.9 Å². The first-order valence-corrected chi connectivity index (χ1v) is 11.3. The predicted octanol–water partition coefficient (Wildman–Crippen LogP) is 2.95. The summed E-state index contributed by atoms with van der Waals surface area (Å²) in [6.45, 7) is 2.71. The van der Waals surface area contributed by atoms with E-state index in [9.17, 15) is 18.8 Å². The third kappa shape index (κ3) is 3.67. The molecule has 1 unspecified atom stereocenters. The summed E-state index contributed by atoms with van der Waals surface area (Å²) in [6.07, 6.45) is 4.78. The van der Waals surface area contributed by atoms with E-state index in [4.69, 9.17) is 0 Å². The number of halogens is 1. The summed E-state index contributed by atoms with van der Waals surface area (Å²) >= 11 is 0. The van der Waals surface area contributed by atoms with Gasteiger partial charge in [0, 0.05) is 44.1 Å². The molecule has 3 aliphatic heterocycles. The van der Waals surface area contributed by atoms with Crippen LogP contribution in [0.5, 0.6) is 0 Å². The standard InChI is InChI=1S/C24H27FN4O3/c25-21-8-2-1-7-20(21)23(31)27-11-3-5-17(15-27)22(30)26-13-9-18(10-14-26)29-16-19-6-4-12-28(19)24(29)32/h1-2,4,6-8,12,17-18H,3,5,9-11,13-16H2. The quantitative estimate of drug-likeness (QED) is 0.740. The number of hydrogen-bond acceptors (Lipinski definition) is 3. The monoisotopic (exact) mass is 438 g/mol. The van der Waals surface area contributed by atoms with Gasteiger partial charge in [0.15, 0.2) is 0 Å². The average Bonchev–Trinajstić information content (AvgIpc) is 3.41. The summed E-state index contributed by atoms with van der Waals surface area (Å²) in [5.41, 5.74) is 1.07. The Morgan fingerprint density at radius 1 is 0.938 bits per heavy atom. The van der Waals surface area contributed by atoms with E-state index in [1.54, 1.807) is 27.8 Å².